The number of benzene rings is 2. The van der Waals surface area contributed by atoms with Gasteiger partial charge in [-0.1, -0.05) is 6.07 Å². The summed E-state index contributed by atoms with van der Waals surface area (Å²) in [6.45, 7) is 4.23. The summed E-state index contributed by atoms with van der Waals surface area (Å²) in [6, 6.07) is 7.89. The molecule has 3 aliphatic heterocycles. The van der Waals surface area contributed by atoms with Gasteiger partial charge in [0.25, 0.3) is 5.91 Å². The molecule has 3 aliphatic rings. The highest BCUT2D eigenvalue weighted by Crippen LogP contribution is 2.46. The summed E-state index contributed by atoms with van der Waals surface area (Å²) < 4.78 is 55.3. The Morgan fingerprint density at radius 3 is 2.76 bits per heavy atom. The highest BCUT2D eigenvalue weighted by Gasteiger charge is 2.49. The Labute approximate surface area is 311 Å². The number of fused-ring (bicyclic) bond motifs is 4. The normalized spacial score (nSPS) is 19.8. The molecule has 0 saturated carbocycles. The van der Waals surface area contributed by atoms with Gasteiger partial charge >= 0.3 is 12.1 Å². The third-order valence-corrected chi connectivity index (χ3v) is 11.8. The number of nitrogens with one attached hydrogen (secondary N) is 1. The zero-order valence-electron chi connectivity index (χ0n) is 29.7. The summed E-state index contributed by atoms with van der Waals surface area (Å²) >= 11 is 0.753. The van der Waals surface area contributed by atoms with Gasteiger partial charge in [-0.25, -0.2) is 18.0 Å². The Kier molecular flexibility index (Phi) is 8.84. The molecule has 0 spiro atoms. The zero-order chi connectivity index (χ0) is 38.1. The van der Waals surface area contributed by atoms with Crippen LogP contribution in [0.2, 0.25) is 0 Å². The van der Waals surface area contributed by atoms with Gasteiger partial charge < -0.3 is 19.6 Å². The van der Waals surface area contributed by atoms with Crippen LogP contribution in [0, 0.1) is 29.9 Å². The molecule has 13 nitrogen and oxygen atoms in total. The molecule has 17 heteroatoms. The number of thiophene rings is 1. The molecule has 2 aromatic carbocycles. The lowest BCUT2D eigenvalue weighted by molar-refractivity contribution is 0.0821. The molecule has 2 atom stereocenters. The van der Waals surface area contributed by atoms with E-state index < -0.39 is 29.4 Å². The number of alkyl halides is 1. The molecule has 6 heterocycles. The van der Waals surface area contributed by atoms with Crippen LogP contribution >= 0.6 is 11.3 Å². The van der Waals surface area contributed by atoms with Crippen LogP contribution in [0.1, 0.15) is 53.0 Å². The molecule has 3 aromatic heterocycles. The van der Waals surface area contributed by atoms with Gasteiger partial charge in [0.05, 0.1) is 28.0 Å². The fourth-order valence-electron chi connectivity index (χ4n) is 8.25. The molecular weight excluding hydrogens is 724 g/mol. The number of nitrogens with zero attached hydrogens (tertiary/aromatic N) is 8. The van der Waals surface area contributed by atoms with Crippen molar-refractivity contribution in [1.82, 2.24) is 29.5 Å². The van der Waals surface area contributed by atoms with Gasteiger partial charge in [-0.15, -0.1) is 11.3 Å². The Hall–Kier alpha value is -5.47. The van der Waals surface area contributed by atoms with E-state index in [1.807, 2.05) is 11.0 Å². The second kappa shape index (κ2) is 13.4. The Morgan fingerprint density at radius 1 is 1.19 bits per heavy atom. The van der Waals surface area contributed by atoms with Gasteiger partial charge in [0, 0.05) is 56.5 Å². The van der Waals surface area contributed by atoms with Crippen LogP contribution in [0.3, 0.4) is 0 Å². The number of aromatic nitrogens is 4. The van der Waals surface area contributed by atoms with Crippen LogP contribution in [-0.2, 0) is 13.1 Å². The first-order valence-electron chi connectivity index (χ1n) is 17.6. The van der Waals surface area contributed by atoms with E-state index in [-0.39, 0.29) is 55.8 Å². The summed E-state index contributed by atoms with van der Waals surface area (Å²) in [7, 11) is 3.32. The highest BCUT2D eigenvalue weighted by atomic mass is 32.1. The van der Waals surface area contributed by atoms with Crippen molar-refractivity contribution in [3.63, 3.8) is 0 Å². The third-order valence-electron chi connectivity index (χ3n) is 10.6. The maximum atomic E-state index is 17.4. The number of hydrogen-bond donors (Lipinski definition) is 2. The molecule has 0 bridgehead atoms. The van der Waals surface area contributed by atoms with E-state index in [4.69, 9.17) is 9.72 Å². The number of aryl methyl sites for hydroxylation is 2. The van der Waals surface area contributed by atoms with Crippen molar-refractivity contribution in [2.24, 2.45) is 0 Å². The summed E-state index contributed by atoms with van der Waals surface area (Å²) in [6.07, 6.45) is 0.191. The van der Waals surface area contributed by atoms with E-state index in [2.05, 4.69) is 20.3 Å². The van der Waals surface area contributed by atoms with E-state index in [1.165, 1.54) is 11.0 Å². The molecule has 0 radical (unpaired) electrons. The summed E-state index contributed by atoms with van der Waals surface area (Å²) in [5, 5.41) is 26.6. The minimum atomic E-state index is -1.43. The molecule has 0 aliphatic carbocycles. The minimum absolute atomic E-state index is 0.00417. The standard InChI is InChI=1S/C37H36F3N9O4S/c1-19-12-23-30(29(40)27(19)22-6-7-25(39)31-28(22)24(15-41)33(54-31)44-36(51)52)42-35(53-18-37-8-4-10-48(37)16-20(38)14-37)43-32(23)47-9-5-11-49-21(17-47)13-26(45-49)34(50)46(2)3/h6-7,12-13,20,44H,4-5,8-11,14,16-18H2,1-3H3,(H,51,52)/t20-,37+/m1/s1. The van der Waals surface area contributed by atoms with E-state index >= 15 is 8.78 Å². The van der Waals surface area contributed by atoms with E-state index in [0.29, 0.717) is 61.5 Å². The first-order chi connectivity index (χ1) is 25.9. The highest BCUT2D eigenvalue weighted by molar-refractivity contribution is 7.23. The van der Waals surface area contributed by atoms with Gasteiger partial charge in [0.2, 0.25) is 0 Å². The van der Waals surface area contributed by atoms with Crippen molar-refractivity contribution in [3.05, 3.63) is 58.4 Å². The minimum Gasteiger partial charge on any atom is -0.465 e. The number of carboxylic acid groups (broad SMARTS) is 1. The van der Waals surface area contributed by atoms with Crippen LogP contribution < -0.4 is 15.0 Å². The lowest BCUT2D eigenvalue weighted by Crippen LogP contribution is -2.43. The smallest absolute Gasteiger partial charge is 0.409 e. The van der Waals surface area contributed by atoms with Crippen molar-refractivity contribution < 1.29 is 32.6 Å². The lowest BCUT2D eigenvalue weighted by atomic mass is 9.93. The number of hydrogen-bond acceptors (Lipinski definition) is 10. The quantitative estimate of drug-likeness (QED) is 0.193. The van der Waals surface area contributed by atoms with E-state index in [9.17, 15) is 24.3 Å². The SMILES string of the molecule is Cc1cc2c(N3CCCn4nc(C(=O)N(C)C)cc4C3)nc(OC[C@@]34CCCN3C[C@H](F)C4)nc2c(F)c1-c1ccc(F)c2sc(NC(=O)O)c(C#N)c12. The fourth-order valence-corrected chi connectivity index (χ4v) is 9.32. The number of anilines is 2. The second-order valence-electron chi connectivity index (χ2n) is 14.3. The predicted octanol–water partition coefficient (Wildman–Crippen LogP) is 6.32. The third kappa shape index (κ3) is 5.93. The van der Waals surface area contributed by atoms with Crippen molar-refractivity contribution in [3.8, 4) is 23.2 Å². The van der Waals surface area contributed by atoms with Crippen LogP contribution in [0.25, 0.3) is 32.1 Å². The maximum absolute atomic E-state index is 17.4. The molecule has 5 aromatic rings. The number of carbonyl (C=O) groups is 2. The largest absolute Gasteiger partial charge is 0.465 e. The molecule has 54 heavy (non-hydrogen) atoms. The molecule has 0 unspecified atom stereocenters. The topological polar surface area (TPSA) is 153 Å². The number of amides is 2. The molecule has 280 valence electrons. The van der Waals surface area contributed by atoms with Crippen LogP contribution in [0.15, 0.2) is 24.3 Å². The van der Waals surface area contributed by atoms with Gasteiger partial charge in [-0.2, -0.15) is 20.3 Å². The number of ether oxygens (including phenoxy) is 1. The molecular formula is C37H36F3N9O4S. The maximum Gasteiger partial charge on any atom is 0.409 e. The summed E-state index contributed by atoms with van der Waals surface area (Å²) in [5.41, 5.74) is 1.02. The van der Waals surface area contributed by atoms with Crippen LogP contribution in [-0.4, -0.2) is 98.7 Å². The van der Waals surface area contributed by atoms with Gasteiger partial charge in [-0.3, -0.25) is 19.7 Å². The first kappa shape index (κ1) is 35.6. The van der Waals surface area contributed by atoms with Gasteiger partial charge in [0.15, 0.2) is 11.5 Å². The molecule has 2 N–H and O–H groups in total. The first-order valence-corrected chi connectivity index (χ1v) is 18.4. The Balaban J connectivity index is 1.29. The van der Waals surface area contributed by atoms with Crippen molar-refractivity contribution >= 4 is 55.1 Å². The van der Waals surface area contributed by atoms with Crippen molar-refractivity contribution in [2.45, 2.75) is 57.4 Å². The Bertz CT molecular complexity index is 2410. The van der Waals surface area contributed by atoms with Crippen LogP contribution in [0.4, 0.5) is 28.8 Å². The predicted molar refractivity (Wildman–Crippen MR) is 196 cm³/mol. The van der Waals surface area contributed by atoms with Crippen molar-refractivity contribution in [2.75, 3.05) is 50.6 Å². The van der Waals surface area contributed by atoms with Gasteiger partial charge in [0.1, 0.15) is 41.0 Å². The van der Waals surface area contributed by atoms with E-state index in [0.717, 1.165) is 42.5 Å². The molecule has 8 rings (SSSR count). The van der Waals surface area contributed by atoms with Gasteiger partial charge in [-0.05, 0) is 62.1 Å². The monoisotopic (exact) mass is 759 g/mol. The molecule has 2 saturated heterocycles. The Morgan fingerprint density at radius 2 is 2.00 bits per heavy atom. The lowest BCUT2D eigenvalue weighted by Gasteiger charge is -2.31. The second-order valence-corrected chi connectivity index (χ2v) is 15.4. The number of carbonyl (C=O) groups excluding carboxylic acids is 1. The van der Waals surface area contributed by atoms with Crippen LogP contribution in [0.5, 0.6) is 6.01 Å². The zero-order valence-corrected chi connectivity index (χ0v) is 30.6. The average Bonchev–Trinajstić information content (AvgIpc) is 3.85. The van der Waals surface area contributed by atoms with Crippen molar-refractivity contribution in [1.29, 1.82) is 5.26 Å². The van der Waals surface area contributed by atoms with E-state index in [1.54, 1.807) is 37.8 Å². The fraction of sp³-hybridized carbons (Fsp3) is 0.405. The number of rotatable bonds is 7. The number of nitriles is 1. The average molecular weight is 760 g/mol. The number of halogens is 3. The summed E-state index contributed by atoms with van der Waals surface area (Å²) in [5.74, 6) is -1.30. The molecule has 2 amide bonds. The summed E-state index contributed by atoms with van der Waals surface area (Å²) in [4.78, 5) is 39.3. The molecule has 2 fully saturated rings.